The summed E-state index contributed by atoms with van der Waals surface area (Å²) in [6.45, 7) is 6.92. The van der Waals surface area contributed by atoms with Gasteiger partial charge in [-0.15, -0.1) is 0 Å². The second kappa shape index (κ2) is 5.95. The predicted octanol–water partition coefficient (Wildman–Crippen LogP) is 1.74. The topological polar surface area (TPSA) is 84.7 Å². The van der Waals surface area contributed by atoms with Crippen LogP contribution < -0.4 is 11.1 Å². The number of hydrogen-bond acceptors (Lipinski definition) is 3. The molecule has 1 saturated heterocycles. The van der Waals surface area contributed by atoms with Gasteiger partial charge in [-0.3, -0.25) is 9.59 Å². The van der Waals surface area contributed by atoms with Crippen LogP contribution in [0.2, 0.25) is 0 Å². The molecular formula is C16H28N2O3. The molecule has 0 aromatic carbocycles. The summed E-state index contributed by atoms with van der Waals surface area (Å²) in [5, 5.41) is 2.96. The van der Waals surface area contributed by atoms with Gasteiger partial charge < -0.3 is 15.8 Å². The van der Waals surface area contributed by atoms with Gasteiger partial charge in [-0.1, -0.05) is 12.8 Å². The van der Waals surface area contributed by atoms with E-state index in [0.717, 1.165) is 38.5 Å². The maximum absolute atomic E-state index is 12.2. The second-order valence-corrected chi connectivity index (χ2v) is 7.14. The summed E-state index contributed by atoms with van der Waals surface area (Å²) in [6, 6.07) is 0. The van der Waals surface area contributed by atoms with Crippen molar-refractivity contribution in [3.05, 3.63) is 0 Å². The van der Waals surface area contributed by atoms with Crippen LogP contribution >= 0.6 is 0 Å². The number of epoxide rings is 1. The smallest absolute Gasteiger partial charge is 0.223 e. The van der Waals surface area contributed by atoms with Crippen molar-refractivity contribution in [2.24, 2.45) is 17.6 Å². The molecule has 0 aromatic rings. The number of nitrogens with two attached hydrogens (primary N) is 1. The monoisotopic (exact) mass is 296 g/mol. The van der Waals surface area contributed by atoms with Crippen molar-refractivity contribution < 1.29 is 14.3 Å². The van der Waals surface area contributed by atoms with Gasteiger partial charge in [-0.05, 0) is 46.5 Å². The number of primary amides is 1. The Labute approximate surface area is 127 Å². The molecule has 0 bridgehead atoms. The SMILES string of the molecule is CC1(C)OC1(C)CCCNC(=O)C1CCCCC1C(N)=O. The van der Waals surface area contributed by atoms with Crippen LogP contribution in [0.3, 0.4) is 0 Å². The molecule has 0 radical (unpaired) electrons. The van der Waals surface area contributed by atoms with Gasteiger partial charge in [0.1, 0.15) is 0 Å². The van der Waals surface area contributed by atoms with E-state index >= 15 is 0 Å². The lowest BCUT2D eigenvalue weighted by Crippen LogP contribution is -2.42. The zero-order chi connectivity index (χ0) is 15.7. The van der Waals surface area contributed by atoms with Crippen molar-refractivity contribution >= 4 is 11.8 Å². The molecule has 1 heterocycles. The fraction of sp³-hybridized carbons (Fsp3) is 0.875. The van der Waals surface area contributed by atoms with Gasteiger partial charge in [0.05, 0.1) is 11.2 Å². The lowest BCUT2D eigenvalue weighted by molar-refractivity contribution is -0.134. The van der Waals surface area contributed by atoms with Crippen LogP contribution in [0.1, 0.15) is 59.3 Å². The number of carbonyl (C=O) groups is 2. The maximum atomic E-state index is 12.2. The van der Waals surface area contributed by atoms with Crippen LogP contribution in [-0.4, -0.2) is 29.6 Å². The first-order chi connectivity index (χ1) is 9.77. The zero-order valence-electron chi connectivity index (χ0n) is 13.4. The second-order valence-electron chi connectivity index (χ2n) is 7.14. The van der Waals surface area contributed by atoms with Crippen molar-refractivity contribution in [3.8, 4) is 0 Å². The highest BCUT2D eigenvalue weighted by atomic mass is 16.6. The molecule has 2 aliphatic rings. The highest BCUT2D eigenvalue weighted by Crippen LogP contribution is 2.50. The van der Waals surface area contributed by atoms with Crippen LogP contribution in [0.25, 0.3) is 0 Å². The van der Waals surface area contributed by atoms with E-state index < -0.39 is 0 Å². The van der Waals surface area contributed by atoms with Gasteiger partial charge in [-0.25, -0.2) is 0 Å². The van der Waals surface area contributed by atoms with Crippen LogP contribution in [0.4, 0.5) is 0 Å². The van der Waals surface area contributed by atoms with E-state index in [1.165, 1.54) is 0 Å². The first-order valence-corrected chi connectivity index (χ1v) is 8.04. The lowest BCUT2D eigenvalue weighted by atomic mass is 9.78. The number of amides is 2. The van der Waals surface area contributed by atoms with Crippen LogP contribution in [-0.2, 0) is 14.3 Å². The van der Waals surface area contributed by atoms with E-state index in [2.05, 4.69) is 26.1 Å². The number of nitrogens with one attached hydrogen (secondary N) is 1. The van der Waals surface area contributed by atoms with Crippen LogP contribution in [0, 0.1) is 11.8 Å². The maximum Gasteiger partial charge on any atom is 0.223 e. The number of hydrogen-bond donors (Lipinski definition) is 2. The van der Waals surface area contributed by atoms with Gasteiger partial charge in [-0.2, -0.15) is 0 Å². The molecule has 1 aliphatic carbocycles. The van der Waals surface area contributed by atoms with Crippen molar-refractivity contribution in [2.45, 2.75) is 70.5 Å². The molecule has 2 fully saturated rings. The Bertz CT molecular complexity index is 422. The third kappa shape index (κ3) is 3.57. The Morgan fingerprint density at radius 2 is 1.76 bits per heavy atom. The van der Waals surface area contributed by atoms with E-state index in [9.17, 15) is 9.59 Å². The van der Waals surface area contributed by atoms with Gasteiger partial charge in [0, 0.05) is 18.4 Å². The van der Waals surface area contributed by atoms with Crippen LogP contribution in [0.5, 0.6) is 0 Å². The van der Waals surface area contributed by atoms with E-state index in [1.807, 2.05) is 0 Å². The van der Waals surface area contributed by atoms with Gasteiger partial charge in [0.15, 0.2) is 0 Å². The zero-order valence-corrected chi connectivity index (χ0v) is 13.4. The summed E-state index contributed by atoms with van der Waals surface area (Å²) >= 11 is 0. The van der Waals surface area contributed by atoms with E-state index in [1.54, 1.807) is 0 Å². The Balaban J connectivity index is 1.73. The molecule has 5 nitrogen and oxygen atoms in total. The molecule has 21 heavy (non-hydrogen) atoms. The van der Waals surface area contributed by atoms with Crippen LogP contribution in [0.15, 0.2) is 0 Å². The number of carbonyl (C=O) groups excluding carboxylic acids is 2. The highest BCUT2D eigenvalue weighted by molar-refractivity contribution is 5.87. The minimum atomic E-state index is -0.338. The molecular weight excluding hydrogens is 268 g/mol. The average molecular weight is 296 g/mol. The molecule has 120 valence electrons. The van der Waals surface area contributed by atoms with Gasteiger partial charge in [0.25, 0.3) is 0 Å². The Morgan fingerprint density at radius 1 is 1.19 bits per heavy atom. The fourth-order valence-corrected chi connectivity index (χ4v) is 3.44. The summed E-state index contributed by atoms with van der Waals surface area (Å²) in [7, 11) is 0. The molecule has 0 spiro atoms. The summed E-state index contributed by atoms with van der Waals surface area (Å²) < 4.78 is 5.69. The molecule has 3 N–H and O–H groups in total. The minimum Gasteiger partial charge on any atom is -0.369 e. The molecule has 1 aliphatic heterocycles. The Kier molecular flexibility index (Phi) is 4.61. The molecule has 1 saturated carbocycles. The van der Waals surface area contributed by atoms with Crippen molar-refractivity contribution in [3.63, 3.8) is 0 Å². The lowest BCUT2D eigenvalue weighted by Gasteiger charge is -2.28. The molecule has 5 heteroatoms. The third-order valence-corrected chi connectivity index (χ3v) is 5.31. The third-order valence-electron chi connectivity index (χ3n) is 5.31. The molecule has 3 atom stereocenters. The largest absolute Gasteiger partial charge is 0.369 e. The normalized spacial score (nSPS) is 34.2. The minimum absolute atomic E-state index is 0.0142. The quantitative estimate of drug-likeness (QED) is 0.578. The first-order valence-electron chi connectivity index (χ1n) is 8.04. The predicted molar refractivity (Wildman–Crippen MR) is 80.5 cm³/mol. The Hall–Kier alpha value is -1.10. The van der Waals surface area contributed by atoms with Crippen molar-refractivity contribution in [1.29, 1.82) is 0 Å². The fourth-order valence-electron chi connectivity index (χ4n) is 3.44. The summed E-state index contributed by atoms with van der Waals surface area (Å²) in [5.74, 6) is -0.877. The Morgan fingerprint density at radius 3 is 2.29 bits per heavy atom. The van der Waals surface area contributed by atoms with E-state index in [-0.39, 0.29) is 34.9 Å². The number of ether oxygens (including phenoxy) is 1. The van der Waals surface area contributed by atoms with E-state index in [0.29, 0.717) is 6.54 Å². The average Bonchev–Trinajstić information content (AvgIpc) is 2.93. The van der Waals surface area contributed by atoms with Gasteiger partial charge >= 0.3 is 0 Å². The summed E-state index contributed by atoms with van der Waals surface area (Å²) in [6.07, 6.45) is 5.33. The molecule has 2 rings (SSSR count). The summed E-state index contributed by atoms with van der Waals surface area (Å²) in [4.78, 5) is 23.7. The van der Waals surface area contributed by atoms with E-state index in [4.69, 9.17) is 10.5 Å². The first kappa shape index (κ1) is 16.3. The van der Waals surface area contributed by atoms with Gasteiger partial charge in [0.2, 0.25) is 11.8 Å². The molecule has 3 unspecified atom stereocenters. The van der Waals surface area contributed by atoms with Crippen molar-refractivity contribution in [2.75, 3.05) is 6.54 Å². The molecule has 2 amide bonds. The molecule has 0 aromatic heterocycles. The van der Waals surface area contributed by atoms with Crippen molar-refractivity contribution in [1.82, 2.24) is 5.32 Å². The number of rotatable bonds is 6. The highest BCUT2D eigenvalue weighted by Gasteiger charge is 2.59. The summed E-state index contributed by atoms with van der Waals surface area (Å²) in [5.41, 5.74) is 5.31. The standard InChI is InChI=1S/C16H28N2O3/c1-15(2)16(3,21-15)9-6-10-18-14(20)12-8-5-4-7-11(12)13(17)19/h11-12H,4-10H2,1-3H3,(H2,17,19)(H,18,20).